The molecule has 1 radical (unpaired) electrons. The van der Waals surface area contributed by atoms with Crippen molar-refractivity contribution in [3.8, 4) is 0 Å². The lowest BCUT2D eigenvalue weighted by atomic mass is 9.68. The number of amides is 1. The standard InChI is InChI=1S/C19H28BN4O2/c1-18(2,3)26-17(25)22-19(10-5-6-11-19)16-21-15(23-24-16)13-8-7-9-14(12-13)20-4/h8,12H,5-7,9-11H2,1-4H3,(H,22,25)(H,21,23,24). The van der Waals surface area contributed by atoms with Gasteiger partial charge < -0.3 is 10.1 Å². The van der Waals surface area contributed by atoms with E-state index in [2.05, 4.69) is 41.8 Å². The molecule has 0 bridgehead atoms. The quantitative estimate of drug-likeness (QED) is 0.803. The van der Waals surface area contributed by atoms with E-state index in [1.807, 2.05) is 20.8 Å². The molecular formula is C19H28BN4O2. The molecule has 26 heavy (non-hydrogen) atoms. The van der Waals surface area contributed by atoms with E-state index in [0.29, 0.717) is 5.82 Å². The van der Waals surface area contributed by atoms with Crippen molar-refractivity contribution in [1.82, 2.24) is 20.5 Å². The monoisotopic (exact) mass is 355 g/mol. The second-order valence-electron chi connectivity index (χ2n) is 8.13. The summed E-state index contributed by atoms with van der Waals surface area (Å²) in [4.78, 5) is 17.1. The number of aromatic amines is 1. The highest BCUT2D eigenvalue weighted by Crippen LogP contribution is 2.38. The Labute approximate surface area is 156 Å². The van der Waals surface area contributed by atoms with Gasteiger partial charge in [0.1, 0.15) is 18.4 Å². The second kappa shape index (κ2) is 7.29. The van der Waals surface area contributed by atoms with Crippen molar-refractivity contribution < 1.29 is 9.53 Å². The number of rotatable bonds is 4. The third kappa shape index (κ3) is 4.19. The molecule has 0 aromatic carbocycles. The Morgan fingerprint density at radius 2 is 2.08 bits per heavy atom. The number of carbonyl (C=O) groups excluding carboxylic acids is 1. The highest BCUT2D eigenvalue weighted by Gasteiger charge is 2.41. The fourth-order valence-electron chi connectivity index (χ4n) is 3.61. The molecule has 3 rings (SSSR count). The number of hydrogen-bond donors (Lipinski definition) is 2. The Kier molecular flexibility index (Phi) is 5.25. The van der Waals surface area contributed by atoms with Gasteiger partial charge in [-0.1, -0.05) is 31.8 Å². The zero-order chi connectivity index (χ0) is 18.8. The Morgan fingerprint density at radius 3 is 2.73 bits per heavy atom. The molecule has 1 aromatic rings. The minimum atomic E-state index is -0.527. The van der Waals surface area contributed by atoms with Crippen LogP contribution in [0.3, 0.4) is 0 Å². The van der Waals surface area contributed by atoms with Crippen LogP contribution in [0.1, 0.15) is 70.9 Å². The number of allylic oxidation sites excluding steroid dienone is 4. The van der Waals surface area contributed by atoms with Crippen LogP contribution in [0.4, 0.5) is 4.79 Å². The lowest BCUT2D eigenvalue weighted by Crippen LogP contribution is -2.46. The summed E-state index contributed by atoms with van der Waals surface area (Å²) < 4.78 is 5.46. The van der Waals surface area contributed by atoms with Crippen molar-refractivity contribution in [1.29, 1.82) is 0 Å². The molecule has 6 nitrogen and oxygen atoms in total. The molecule has 139 valence electrons. The normalized spacial score (nSPS) is 19.5. The van der Waals surface area contributed by atoms with E-state index < -0.39 is 17.2 Å². The van der Waals surface area contributed by atoms with Crippen LogP contribution in [-0.2, 0) is 10.3 Å². The molecule has 0 unspecified atom stereocenters. The third-order valence-electron chi connectivity index (χ3n) is 4.90. The second-order valence-corrected chi connectivity index (χ2v) is 8.13. The van der Waals surface area contributed by atoms with Gasteiger partial charge in [-0.05, 0) is 46.5 Å². The molecular weight excluding hydrogens is 327 g/mol. The highest BCUT2D eigenvalue weighted by molar-refractivity contribution is 6.44. The molecule has 0 spiro atoms. The summed E-state index contributed by atoms with van der Waals surface area (Å²) in [6.45, 7) is 7.65. The predicted molar refractivity (Wildman–Crippen MR) is 103 cm³/mol. The summed E-state index contributed by atoms with van der Waals surface area (Å²) in [6, 6.07) is 0. The fraction of sp³-hybridized carbons (Fsp3) is 0.632. The molecule has 0 atom stereocenters. The van der Waals surface area contributed by atoms with Gasteiger partial charge in [0, 0.05) is 5.57 Å². The van der Waals surface area contributed by atoms with Crippen molar-refractivity contribution in [2.75, 3.05) is 0 Å². The Hall–Kier alpha value is -2.05. The fourth-order valence-corrected chi connectivity index (χ4v) is 3.61. The Morgan fingerprint density at radius 1 is 1.35 bits per heavy atom. The Balaban J connectivity index is 1.81. The van der Waals surface area contributed by atoms with Crippen LogP contribution >= 0.6 is 0 Å². The number of carbonyl (C=O) groups is 1. The minimum absolute atomic E-state index is 0.406. The zero-order valence-corrected chi connectivity index (χ0v) is 16.2. The lowest BCUT2D eigenvalue weighted by molar-refractivity contribution is 0.0448. The van der Waals surface area contributed by atoms with E-state index in [9.17, 15) is 4.79 Å². The van der Waals surface area contributed by atoms with Gasteiger partial charge >= 0.3 is 6.09 Å². The third-order valence-corrected chi connectivity index (χ3v) is 4.90. The van der Waals surface area contributed by atoms with Crippen LogP contribution in [0.25, 0.3) is 5.57 Å². The van der Waals surface area contributed by atoms with Crippen molar-refractivity contribution in [3.05, 3.63) is 29.3 Å². The average molecular weight is 355 g/mol. The van der Waals surface area contributed by atoms with Crippen LogP contribution in [0.15, 0.2) is 17.6 Å². The van der Waals surface area contributed by atoms with Crippen molar-refractivity contribution in [2.45, 2.75) is 77.3 Å². The van der Waals surface area contributed by atoms with Crippen molar-refractivity contribution >= 4 is 18.9 Å². The topological polar surface area (TPSA) is 79.9 Å². The summed E-state index contributed by atoms with van der Waals surface area (Å²) in [5, 5.41) is 10.6. The van der Waals surface area contributed by atoms with Crippen LogP contribution < -0.4 is 5.32 Å². The molecule has 2 aliphatic carbocycles. The molecule has 7 heteroatoms. The summed E-state index contributed by atoms with van der Waals surface area (Å²) >= 11 is 0. The Bertz CT molecular complexity index is 724. The summed E-state index contributed by atoms with van der Waals surface area (Å²) in [5.41, 5.74) is 1.29. The maximum absolute atomic E-state index is 12.4. The van der Waals surface area contributed by atoms with Gasteiger partial charge in [-0.3, -0.25) is 5.10 Å². The number of nitrogens with one attached hydrogen (secondary N) is 2. The van der Waals surface area contributed by atoms with Crippen molar-refractivity contribution in [3.63, 3.8) is 0 Å². The lowest BCUT2D eigenvalue weighted by Gasteiger charge is -2.29. The van der Waals surface area contributed by atoms with E-state index in [1.54, 1.807) is 0 Å². The van der Waals surface area contributed by atoms with Gasteiger partial charge in [-0.2, -0.15) is 5.10 Å². The summed E-state index contributed by atoms with van der Waals surface area (Å²) in [6.07, 6.45) is 9.72. The smallest absolute Gasteiger partial charge is 0.408 e. The van der Waals surface area contributed by atoms with Crippen molar-refractivity contribution in [2.24, 2.45) is 0 Å². The average Bonchev–Trinajstić information content (AvgIpc) is 3.23. The maximum Gasteiger partial charge on any atom is 0.408 e. The molecule has 2 N–H and O–H groups in total. The van der Waals surface area contributed by atoms with Crippen LogP contribution in [-0.4, -0.2) is 34.2 Å². The van der Waals surface area contributed by atoms with Gasteiger partial charge in [0.05, 0.1) is 0 Å². The van der Waals surface area contributed by atoms with E-state index in [1.165, 1.54) is 5.47 Å². The number of nitrogens with zero attached hydrogens (tertiary/aromatic N) is 2. The van der Waals surface area contributed by atoms with Gasteiger partial charge in [-0.25, -0.2) is 9.78 Å². The molecule has 0 saturated heterocycles. The zero-order valence-electron chi connectivity index (χ0n) is 16.2. The number of ether oxygens (including phenoxy) is 1. The number of H-pyrrole nitrogens is 1. The van der Waals surface area contributed by atoms with Crippen LogP contribution in [0, 0.1) is 0 Å². The largest absolute Gasteiger partial charge is 0.444 e. The summed E-state index contributed by atoms with van der Waals surface area (Å²) in [7, 11) is 2.13. The highest BCUT2D eigenvalue weighted by atomic mass is 16.6. The first-order valence-corrected chi connectivity index (χ1v) is 9.46. The van der Waals surface area contributed by atoms with Crippen LogP contribution in [0.5, 0.6) is 0 Å². The van der Waals surface area contributed by atoms with E-state index in [4.69, 9.17) is 9.72 Å². The van der Waals surface area contributed by atoms with Gasteiger partial charge in [0.2, 0.25) is 0 Å². The molecule has 2 aliphatic rings. The molecule has 1 amide bonds. The summed E-state index contributed by atoms with van der Waals surface area (Å²) in [5.74, 6) is 1.41. The van der Waals surface area contributed by atoms with E-state index >= 15 is 0 Å². The van der Waals surface area contributed by atoms with Gasteiger partial charge in [0.25, 0.3) is 0 Å². The first-order chi connectivity index (χ1) is 12.3. The molecule has 1 aromatic heterocycles. The van der Waals surface area contributed by atoms with Gasteiger partial charge in [0.15, 0.2) is 11.6 Å². The first-order valence-electron chi connectivity index (χ1n) is 9.46. The minimum Gasteiger partial charge on any atom is -0.444 e. The SMILES string of the molecule is C[B]C1=CC(c2n[nH]c(C3(NC(=O)OC(C)(C)C)CCCC3)n2)=CCC1. The number of alkyl carbamates (subject to hydrolysis) is 1. The van der Waals surface area contributed by atoms with Gasteiger partial charge in [-0.15, -0.1) is 5.47 Å². The number of hydrogen-bond acceptors (Lipinski definition) is 4. The molecule has 0 aliphatic heterocycles. The van der Waals surface area contributed by atoms with Crippen LogP contribution in [0.2, 0.25) is 6.82 Å². The molecule has 1 heterocycles. The van der Waals surface area contributed by atoms with E-state index in [0.717, 1.165) is 49.9 Å². The molecule has 1 fully saturated rings. The number of aromatic nitrogens is 3. The first kappa shape index (κ1) is 18.7. The van der Waals surface area contributed by atoms with E-state index in [-0.39, 0.29) is 0 Å². The maximum atomic E-state index is 12.4. The predicted octanol–water partition coefficient (Wildman–Crippen LogP) is 3.91. The molecule has 1 saturated carbocycles.